The number of halogens is 1. The number of aromatic nitrogens is 1. The topological polar surface area (TPSA) is 51.7 Å². The fraction of sp³-hybridized carbons (Fsp3) is 0.625. The van der Waals surface area contributed by atoms with Crippen LogP contribution in [-0.4, -0.2) is 40.3 Å². The van der Waals surface area contributed by atoms with Crippen molar-refractivity contribution in [2.45, 2.75) is 51.4 Å². The molecule has 6 heteroatoms. The molecule has 2 fully saturated rings. The summed E-state index contributed by atoms with van der Waals surface area (Å²) in [6, 6.07) is 3.83. The van der Waals surface area contributed by atoms with Crippen LogP contribution in [-0.2, 0) is 4.74 Å². The van der Waals surface area contributed by atoms with E-state index < -0.39 is 5.60 Å². The SMILES string of the molecule is CC(C)(C)OC(=O)N1C[C@H]2C[C@@H](Oc3ccc(Br)cn3)[C@@H]1C2. The highest BCUT2D eigenvalue weighted by atomic mass is 79.9. The van der Waals surface area contributed by atoms with Gasteiger partial charge in [-0.05, 0) is 61.5 Å². The summed E-state index contributed by atoms with van der Waals surface area (Å²) in [5, 5.41) is 0. The number of nitrogens with zero attached hydrogens (tertiary/aromatic N) is 2. The molecule has 0 N–H and O–H groups in total. The van der Waals surface area contributed by atoms with E-state index in [1.807, 2.05) is 37.8 Å². The van der Waals surface area contributed by atoms with E-state index >= 15 is 0 Å². The maximum absolute atomic E-state index is 12.3. The monoisotopic (exact) mass is 368 g/mol. The fourth-order valence-electron chi connectivity index (χ4n) is 3.21. The number of hydrogen-bond donors (Lipinski definition) is 0. The predicted octanol–water partition coefficient (Wildman–Crippen LogP) is 3.62. The summed E-state index contributed by atoms with van der Waals surface area (Å²) in [7, 11) is 0. The van der Waals surface area contributed by atoms with Gasteiger partial charge in [0.15, 0.2) is 0 Å². The van der Waals surface area contributed by atoms with Gasteiger partial charge in [0.2, 0.25) is 5.88 Å². The van der Waals surface area contributed by atoms with Crippen LogP contribution in [0.1, 0.15) is 33.6 Å². The highest BCUT2D eigenvalue weighted by Crippen LogP contribution is 2.40. The number of carbonyl (C=O) groups is 1. The first kappa shape index (κ1) is 15.6. The molecule has 3 rings (SSSR count). The lowest BCUT2D eigenvalue weighted by atomic mass is 10.1. The van der Waals surface area contributed by atoms with E-state index in [2.05, 4.69) is 20.9 Å². The fourth-order valence-corrected chi connectivity index (χ4v) is 3.44. The predicted molar refractivity (Wildman–Crippen MR) is 85.8 cm³/mol. The number of rotatable bonds is 2. The molecule has 2 heterocycles. The van der Waals surface area contributed by atoms with Gasteiger partial charge in [-0.3, -0.25) is 0 Å². The Hall–Kier alpha value is -1.30. The number of hydrogen-bond acceptors (Lipinski definition) is 4. The first-order valence-electron chi connectivity index (χ1n) is 7.59. The third-order valence-corrected chi connectivity index (χ3v) is 4.49. The number of fused-ring (bicyclic) bond motifs is 2. The van der Waals surface area contributed by atoms with E-state index in [0.29, 0.717) is 11.8 Å². The second-order valence-electron chi connectivity index (χ2n) is 7.01. The molecule has 0 radical (unpaired) electrons. The van der Waals surface area contributed by atoms with Crippen LogP contribution in [0.15, 0.2) is 22.8 Å². The second kappa shape index (κ2) is 5.72. The van der Waals surface area contributed by atoms with Gasteiger partial charge in [-0.15, -0.1) is 0 Å². The zero-order chi connectivity index (χ0) is 15.9. The van der Waals surface area contributed by atoms with Gasteiger partial charge < -0.3 is 14.4 Å². The smallest absolute Gasteiger partial charge is 0.410 e. The van der Waals surface area contributed by atoms with Crippen molar-refractivity contribution in [3.8, 4) is 5.88 Å². The lowest BCUT2D eigenvalue weighted by molar-refractivity contribution is 0.00213. The Morgan fingerprint density at radius 2 is 2.14 bits per heavy atom. The van der Waals surface area contributed by atoms with E-state index in [1.165, 1.54) is 0 Å². The lowest BCUT2D eigenvalue weighted by Crippen LogP contribution is -2.48. The average Bonchev–Trinajstić information content (AvgIpc) is 2.99. The molecule has 1 saturated heterocycles. The molecule has 0 aromatic carbocycles. The van der Waals surface area contributed by atoms with Crippen molar-refractivity contribution < 1.29 is 14.3 Å². The molecule has 1 aromatic heterocycles. The number of amides is 1. The van der Waals surface area contributed by atoms with Gasteiger partial charge in [-0.1, -0.05) is 0 Å². The van der Waals surface area contributed by atoms with Gasteiger partial charge >= 0.3 is 6.09 Å². The summed E-state index contributed by atoms with van der Waals surface area (Å²) >= 11 is 3.36. The van der Waals surface area contributed by atoms with Crippen LogP contribution < -0.4 is 4.74 Å². The van der Waals surface area contributed by atoms with Gasteiger partial charge in [0, 0.05) is 23.3 Å². The Morgan fingerprint density at radius 1 is 1.36 bits per heavy atom. The zero-order valence-corrected chi connectivity index (χ0v) is 14.7. The number of piperidine rings is 1. The van der Waals surface area contributed by atoms with Crippen molar-refractivity contribution in [3.05, 3.63) is 22.8 Å². The molecule has 0 spiro atoms. The molecule has 120 valence electrons. The van der Waals surface area contributed by atoms with Crippen LogP contribution in [0, 0.1) is 5.92 Å². The second-order valence-corrected chi connectivity index (χ2v) is 7.92. The molecule has 3 atom stereocenters. The third kappa shape index (κ3) is 3.37. The average molecular weight is 369 g/mol. The number of carbonyl (C=O) groups excluding carboxylic acids is 1. The maximum Gasteiger partial charge on any atom is 0.410 e. The zero-order valence-electron chi connectivity index (χ0n) is 13.1. The molecule has 5 nitrogen and oxygen atoms in total. The summed E-state index contributed by atoms with van der Waals surface area (Å²) < 4.78 is 12.4. The van der Waals surface area contributed by atoms with Crippen LogP contribution in [0.4, 0.5) is 4.79 Å². The molecule has 2 bridgehead atoms. The van der Waals surface area contributed by atoms with Gasteiger partial charge in [-0.2, -0.15) is 0 Å². The molecule has 1 aromatic rings. The number of ether oxygens (including phenoxy) is 2. The first-order chi connectivity index (χ1) is 10.3. The quantitative estimate of drug-likeness (QED) is 0.799. The minimum atomic E-state index is -0.470. The minimum absolute atomic E-state index is 0.0000520. The van der Waals surface area contributed by atoms with Crippen LogP contribution in [0.3, 0.4) is 0 Å². The molecule has 1 aliphatic carbocycles. The Morgan fingerprint density at radius 3 is 2.73 bits per heavy atom. The van der Waals surface area contributed by atoms with Crippen molar-refractivity contribution in [1.82, 2.24) is 9.88 Å². The van der Waals surface area contributed by atoms with E-state index in [9.17, 15) is 4.79 Å². The summed E-state index contributed by atoms with van der Waals surface area (Å²) in [6.45, 7) is 6.43. The Labute approximate surface area is 139 Å². The molecular formula is C16H21BrN2O3. The molecule has 1 saturated carbocycles. The molecule has 1 aliphatic heterocycles. The van der Waals surface area contributed by atoms with Gasteiger partial charge in [0.25, 0.3) is 0 Å². The normalized spacial score (nSPS) is 27.1. The molecule has 2 aliphatic rings. The van der Waals surface area contributed by atoms with Crippen LogP contribution in [0.5, 0.6) is 5.88 Å². The first-order valence-corrected chi connectivity index (χ1v) is 8.39. The van der Waals surface area contributed by atoms with Crippen molar-refractivity contribution in [1.29, 1.82) is 0 Å². The van der Waals surface area contributed by atoms with Crippen molar-refractivity contribution in [2.24, 2.45) is 5.92 Å². The van der Waals surface area contributed by atoms with E-state index in [-0.39, 0.29) is 18.2 Å². The highest BCUT2D eigenvalue weighted by molar-refractivity contribution is 9.10. The summed E-state index contributed by atoms with van der Waals surface area (Å²) in [5.41, 5.74) is -0.470. The van der Waals surface area contributed by atoms with Gasteiger partial charge in [0.05, 0.1) is 6.04 Å². The molecule has 1 amide bonds. The van der Waals surface area contributed by atoms with Gasteiger partial charge in [-0.25, -0.2) is 9.78 Å². The lowest BCUT2D eigenvalue weighted by Gasteiger charge is -2.34. The largest absolute Gasteiger partial charge is 0.472 e. The Bertz CT molecular complexity index is 556. The van der Waals surface area contributed by atoms with Crippen molar-refractivity contribution >= 4 is 22.0 Å². The van der Waals surface area contributed by atoms with Gasteiger partial charge in [0.1, 0.15) is 11.7 Å². The van der Waals surface area contributed by atoms with Crippen LogP contribution in [0.2, 0.25) is 0 Å². The number of likely N-dealkylation sites (tertiary alicyclic amines) is 1. The van der Waals surface area contributed by atoms with E-state index in [0.717, 1.165) is 23.9 Å². The minimum Gasteiger partial charge on any atom is -0.472 e. The summed E-state index contributed by atoms with van der Waals surface area (Å²) in [5.74, 6) is 1.10. The standard InChI is InChI=1S/C16H21BrN2O3/c1-16(2,3)22-15(20)19-9-10-6-12(19)13(7-10)21-14-5-4-11(17)8-18-14/h4-5,8,10,12-13H,6-7,9H2,1-3H3/t10-,12+,13-/m1/s1. The third-order valence-electron chi connectivity index (χ3n) is 4.03. The summed E-state index contributed by atoms with van der Waals surface area (Å²) in [6.07, 6.45) is 3.44. The highest BCUT2D eigenvalue weighted by Gasteiger charge is 2.49. The molecule has 0 unspecified atom stereocenters. The molecular weight excluding hydrogens is 348 g/mol. The summed E-state index contributed by atoms with van der Waals surface area (Å²) in [4.78, 5) is 18.4. The van der Waals surface area contributed by atoms with Crippen LogP contribution in [0.25, 0.3) is 0 Å². The van der Waals surface area contributed by atoms with Crippen molar-refractivity contribution in [2.75, 3.05) is 6.54 Å². The van der Waals surface area contributed by atoms with Crippen molar-refractivity contribution in [3.63, 3.8) is 0 Å². The maximum atomic E-state index is 12.3. The Kier molecular flexibility index (Phi) is 4.05. The van der Waals surface area contributed by atoms with E-state index in [1.54, 1.807) is 6.20 Å². The number of pyridine rings is 1. The molecule has 22 heavy (non-hydrogen) atoms. The van der Waals surface area contributed by atoms with E-state index in [4.69, 9.17) is 9.47 Å². The van der Waals surface area contributed by atoms with Crippen LogP contribution >= 0.6 is 15.9 Å². The Balaban J connectivity index is 1.66.